The standard InChI is InChI=1S/C10H15BrN4O/c1-15-10(16)9(11)8(5-13-15)14-7(4-12)6-2-3-6/h5-7,14H,2-4,12H2,1H3. The van der Waals surface area contributed by atoms with Crippen molar-refractivity contribution >= 4 is 21.6 Å². The van der Waals surface area contributed by atoms with Crippen LogP contribution in [0.15, 0.2) is 15.5 Å². The first-order valence-electron chi connectivity index (χ1n) is 5.32. The molecule has 5 nitrogen and oxygen atoms in total. The summed E-state index contributed by atoms with van der Waals surface area (Å²) in [7, 11) is 1.62. The fraction of sp³-hybridized carbons (Fsp3) is 0.600. The zero-order valence-corrected chi connectivity index (χ0v) is 10.7. The number of nitrogens with zero attached hydrogens (tertiary/aromatic N) is 2. The Balaban J connectivity index is 2.20. The van der Waals surface area contributed by atoms with E-state index in [1.165, 1.54) is 17.5 Å². The van der Waals surface area contributed by atoms with Crippen molar-refractivity contribution in [3.05, 3.63) is 21.0 Å². The molecule has 0 radical (unpaired) electrons. The molecule has 0 amide bonds. The van der Waals surface area contributed by atoms with Gasteiger partial charge in [0.25, 0.3) is 5.56 Å². The molecule has 1 aromatic rings. The molecule has 0 saturated heterocycles. The van der Waals surface area contributed by atoms with Gasteiger partial charge in [-0.1, -0.05) is 0 Å². The van der Waals surface area contributed by atoms with Crippen molar-refractivity contribution in [1.29, 1.82) is 0 Å². The summed E-state index contributed by atoms with van der Waals surface area (Å²) < 4.78 is 1.81. The van der Waals surface area contributed by atoms with Gasteiger partial charge in [0.1, 0.15) is 4.47 Å². The summed E-state index contributed by atoms with van der Waals surface area (Å²) in [6, 6.07) is 0.241. The van der Waals surface area contributed by atoms with Crippen LogP contribution in [0.5, 0.6) is 0 Å². The molecule has 6 heteroatoms. The molecule has 1 unspecified atom stereocenters. The number of nitrogens with two attached hydrogens (primary N) is 1. The molecule has 16 heavy (non-hydrogen) atoms. The van der Waals surface area contributed by atoms with E-state index in [0.717, 1.165) is 5.69 Å². The lowest BCUT2D eigenvalue weighted by Crippen LogP contribution is -2.32. The van der Waals surface area contributed by atoms with Crippen LogP contribution >= 0.6 is 15.9 Å². The monoisotopic (exact) mass is 286 g/mol. The number of hydrogen-bond acceptors (Lipinski definition) is 4. The van der Waals surface area contributed by atoms with Crippen LogP contribution in [0.4, 0.5) is 5.69 Å². The normalized spacial score (nSPS) is 17.2. The van der Waals surface area contributed by atoms with Crippen molar-refractivity contribution in [2.75, 3.05) is 11.9 Å². The van der Waals surface area contributed by atoms with E-state index in [9.17, 15) is 4.79 Å². The molecule has 1 saturated carbocycles. The molecule has 0 aliphatic heterocycles. The second kappa shape index (κ2) is 4.55. The molecule has 0 bridgehead atoms. The van der Waals surface area contributed by atoms with Gasteiger partial charge in [0.2, 0.25) is 0 Å². The SMILES string of the molecule is Cn1ncc(NC(CN)C2CC2)c(Br)c1=O. The average molecular weight is 287 g/mol. The van der Waals surface area contributed by atoms with Gasteiger partial charge in [0, 0.05) is 19.6 Å². The predicted octanol–water partition coefficient (Wildman–Crippen LogP) is 0.692. The van der Waals surface area contributed by atoms with Gasteiger partial charge in [-0.2, -0.15) is 5.10 Å². The van der Waals surface area contributed by atoms with Crippen molar-refractivity contribution in [3.63, 3.8) is 0 Å². The Bertz CT molecular complexity index is 441. The molecular weight excluding hydrogens is 272 g/mol. The molecular formula is C10H15BrN4O. The topological polar surface area (TPSA) is 72.9 Å². The van der Waals surface area contributed by atoms with E-state index in [4.69, 9.17) is 5.73 Å². The van der Waals surface area contributed by atoms with E-state index in [1.54, 1.807) is 13.2 Å². The van der Waals surface area contributed by atoms with E-state index in [1.807, 2.05) is 0 Å². The average Bonchev–Trinajstić information content (AvgIpc) is 3.09. The van der Waals surface area contributed by atoms with Gasteiger partial charge in [-0.25, -0.2) is 4.68 Å². The Labute approximate surface area is 102 Å². The third-order valence-electron chi connectivity index (χ3n) is 2.86. The third kappa shape index (κ3) is 2.27. The van der Waals surface area contributed by atoms with Crippen LogP contribution in [-0.4, -0.2) is 22.4 Å². The van der Waals surface area contributed by atoms with Gasteiger partial charge in [-0.15, -0.1) is 0 Å². The lowest BCUT2D eigenvalue weighted by molar-refractivity contribution is 0.639. The van der Waals surface area contributed by atoms with Crippen LogP contribution in [-0.2, 0) is 7.05 Å². The fourth-order valence-electron chi connectivity index (χ4n) is 1.68. The Morgan fingerprint density at radius 1 is 1.75 bits per heavy atom. The zero-order valence-electron chi connectivity index (χ0n) is 9.11. The molecule has 1 aliphatic carbocycles. The van der Waals surface area contributed by atoms with Crippen molar-refractivity contribution < 1.29 is 0 Å². The van der Waals surface area contributed by atoms with Crippen LogP contribution < -0.4 is 16.6 Å². The predicted molar refractivity (Wildman–Crippen MR) is 66.4 cm³/mol. The summed E-state index contributed by atoms with van der Waals surface area (Å²) in [5, 5.41) is 7.26. The minimum absolute atomic E-state index is 0.142. The third-order valence-corrected chi connectivity index (χ3v) is 3.63. The molecule has 1 heterocycles. The second-order valence-corrected chi connectivity index (χ2v) is 4.92. The summed E-state index contributed by atoms with van der Waals surface area (Å²) >= 11 is 3.28. The molecule has 1 aliphatic rings. The Hall–Kier alpha value is -0.880. The highest BCUT2D eigenvalue weighted by atomic mass is 79.9. The molecule has 1 aromatic heterocycles. The lowest BCUT2D eigenvalue weighted by Gasteiger charge is -2.18. The second-order valence-electron chi connectivity index (χ2n) is 4.12. The number of nitrogens with one attached hydrogen (secondary N) is 1. The van der Waals surface area contributed by atoms with Gasteiger partial charge in [-0.05, 0) is 34.7 Å². The maximum Gasteiger partial charge on any atom is 0.282 e. The first-order chi connectivity index (χ1) is 7.63. The van der Waals surface area contributed by atoms with Crippen molar-refractivity contribution in [2.24, 2.45) is 18.7 Å². The number of aromatic nitrogens is 2. The minimum Gasteiger partial charge on any atom is -0.378 e. The highest BCUT2D eigenvalue weighted by molar-refractivity contribution is 9.10. The van der Waals surface area contributed by atoms with E-state index >= 15 is 0 Å². The first-order valence-corrected chi connectivity index (χ1v) is 6.11. The van der Waals surface area contributed by atoms with Crippen molar-refractivity contribution in [1.82, 2.24) is 9.78 Å². The van der Waals surface area contributed by atoms with Gasteiger partial charge in [0.05, 0.1) is 11.9 Å². The van der Waals surface area contributed by atoms with Gasteiger partial charge < -0.3 is 11.1 Å². The van der Waals surface area contributed by atoms with E-state index in [-0.39, 0.29) is 11.6 Å². The zero-order chi connectivity index (χ0) is 11.7. The van der Waals surface area contributed by atoms with Gasteiger partial charge >= 0.3 is 0 Å². The van der Waals surface area contributed by atoms with E-state index < -0.39 is 0 Å². The fourth-order valence-corrected chi connectivity index (χ4v) is 2.15. The Morgan fingerprint density at radius 2 is 2.44 bits per heavy atom. The Kier molecular flexibility index (Phi) is 3.30. The molecule has 1 fully saturated rings. The lowest BCUT2D eigenvalue weighted by atomic mass is 10.2. The van der Waals surface area contributed by atoms with Crippen LogP contribution in [0.2, 0.25) is 0 Å². The van der Waals surface area contributed by atoms with Crippen LogP contribution in [0, 0.1) is 5.92 Å². The minimum atomic E-state index is -0.142. The summed E-state index contributed by atoms with van der Waals surface area (Å²) in [6.45, 7) is 0.576. The molecule has 2 rings (SSSR count). The highest BCUT2D eigenvalue weighted by Gasteiger charge is 2.30. The van der Waals surface area contributed by atoms with Gasteiger partial charge in [-0.3, -0.25) is 4.79 Å². The Morgan fingerprint density at radius 3 is 3.00 bits per heavy atom. The summed E-state index contributed by atoms with van der Waals surface area (Å²) in [6.07, 6.45) is 4.08. The molecule has 0 spiro atoms. The van der Waals surface area contributed by atoms with Gasteiger partial charge in [0.15, 0.2) is 0 Å². The first kappa shape index (κ1) is 11.6. The van der Waals surface area contributed by atoms with E-state index in [2.05, 4.69) is 26.3 Å². The summed E-state index contributed by atoms with van der Waals surface area (Å²) in [4.78, 5) is 11.6. The molecule has 3 N–H and O–H groups in total. The van der Waals surface area contributed by atoms with Crippen LogP contribution in [0.1, 0.15) is 12.8 Å². The number of aryl methyl sites for hydroxylation is 1. The van der Waals surface area contributed by atoms with E-state index in [0.29, 0.717) is 16.9 Å². The largest absolute Gasteiger partial charge is 0.378 e. The smallest absolute Gasteiger partial charge is 0.282 e. The van der Waals surface area contributed by atoms with Crippen LogP contribution in [0.3, 0.4) is 0 Å². The van der Waals surface area contributed by atoms with Crippen molar-refractivity contribution in [2.45, 2.75) is 18.9 Å². The van der Waals surface area contributed by atoms with Crippen molar-refractivity contribution in [3.8, 4) is 0 Å². The summed E-state index contributed by atoms with van der Waals surface area (Å²) in [5.41, 5.74) is 6.28. The maximum absolute atomic E-state index is 11.6. The number of rotatable bonds is 4. The number of anilines is 1. The van der Waals surface area contributed by atoms with Crippen LogP contribution in [0.25, 0.3) is 0 Å². The quantitative estimate of drug-likeness (QED) is 0.854. The molecule has 1 atom stereocenters. The highest BCUT2D eigenvalue weighted by Crippen LogP contribution is 2.34. The number of hydrogen-bond donors (Lipinski definition) is 2. The maximum atomic E-state index is 11.6. The molecule has 88 valence electrons. The number of halogens is 1. The summed E-state index contributed by atoms with van der Waals surface area (Å²) in [5.74, 6) is 0.640. The molecule has 0 aromatic carbocycles.